The van der Waals surface area contributed by atoms with E-state index in [0.29, 0.717) is 47.7 Å². The summed E-state index contributed by atoms with van der Waals surface area (Å²) < 4.78 is 0. The van der Waals surface area contributed by atoms with Gasteiger partial charge in [-0.25, -0.2) is 0 Å². The Labute approximate surface area is 181 Å². The standard InChI is InChI=1S/C20H29ClN4O3S/c1-14(2)29-20-22-18(24(4)13-27)17(19(28)23(3)10-5-11-26)25(20)12-15-6-8-16(21)9-7-15/h6-9,13-14,20,22,26H,5,10-12H2,1-4H3. The van der Waals surface area contributed by atoms with Crippen LogP contribution >= 0.6 is 23.4 Å². The van der Waals surface area contributed by atoms with Gasteiger partial charge in [0.1, 0.15) is 17.0 Å². The third-order valence-corrected chi connectivity index (χ3v) is 5.86. The predicted molar refractivity (Wildman–Crippen MR) is 117 cm³/mol. The van der Waals surface area contributed by atoms with Crippen molar-refractivity contribution >= 4 is 35.7 Å². The number of aliphatic hydroxyl groups excluding tert-OH is 1. The van der Waals surface area contributed by atoms with Gasteiger partial charge in [-0.05, 0) is 24.1 Å². The minimum absolute atomic E-state index is 0.0102. The Morgan fingerprint density at radius 2 is 2.00 bits per heavy atom. The van der Waals surface area contributed by atoms with Gasteiger partial charge in [0.15, 0.2) is 0 Å². The maximum absolute atomic E-state index is 13.3. The largest absolute Gasteiger partial charge is 0.396 e. The van der Waals surface area contributed by atoms with Gasteiger partial charge in [-0.2, -0.15) is 0 Å². The number of amides is 2. The first-order valence-electron chi connectivity index (χ1n) is 9.50. The molecule has 0 aromatic heterocycles. The topological polar surface area (TPSA) is 76.1 Å². The second kappa shape index (κ2) is 10.8. The van der Waals surface area contributed by atoms with Crippen molar-refractivity contribution < 1.29 is 14.7 Å². The average molecular weight is 441 g/mol. The highest BCUT2D eigenvalue weighted by molar-refractivity contribution is 8.00. The molecule has 1 aromatic carbocycles. The number of hydrogen-bond acceptors (Lipinski definition) is 6. The first-order chi connectivity index (χ1) is 13.8. The molecule has 0 aliphatic carbocycles. The molecule has 0 spiro atoms. The minimum Gasteiger partial charge on any atom is -0.396 e. The smallest absolute Gasteiger partial charge is 0.273 e. The van der Waals surface area contributed by atoms with Gasteiger partial charge in [0.25, 0.3) is 5.91 Å². The van der Waals surface area contributed by atoms with Crippen molar-refractivity contribution in [3.63, 3.8) is 0 Å². The summed E-state index contributed by atoms with van der Waals surface area (Å²) in [6, 6.07) is 7.50. The van der Waals surface area contributed by atoms with Crippen LogP contribution in [0.3, 0.4) is 0 Å². The van der Waals surface area contributed by atoms with Gasteiger partial charge in [-0.1, -0.05) is 37.6 Å². The van der Waals surface area contributed by atoms with Gasteiger partial charge in [0.05, 0.1) is 0 Å². The highest BCUT2D eigenvalue weighted by atomic mass is 35.5. The quantitative estimate of drug-likeness (QED) is 0.543. The molecule has 2 rings (SSSR count). The van der Waals surface area contributed by atoms with Crippen LogP contribution in [0.1, 0.15) is 25.8 Å². The summed E-state index contributed by atoms with van der Waals surface area (Å²) in [4.78, 5) is 29.7. The lowest BCUT2D eigenvalue weighted by molar-refractivity contribution is -0.127. The third kappa shape index (κ3) is 6.04. The van der Waals surface area contributed by atoms with Crippen LogP contribution in [0.15, 0.2) is 35.8 Å². The molecule has 1 aliphatic rings. The van der Waals surface area contributed by atoms with Gasteiger partial charge in [-0.3, -0.25) is 9.59 Å². The Hall–Kier alpha value is -1.90. The number of rotatable bonds is 10. The number of halogens is 1. The van der Waals surface area contributed by atoms with Gasteiger partial charge >= 0.3 is 0 Å². The van der Waals surface area contributed by atoms with Crippen molar-refractivity contribution in [3.8, 4) is 0 Å². The molecule has 1 heterocycles. The van der Waals surface area contributed by atoms with Crippen molar-refractivity contribution in [1.29, 1.82) is 0 Å². The fourth-order valence-corrected chi connectivity index (χ4v) is 4.11. The summed E-state index contributed by atoms with van der Waals surface area (Å²) in [5.74, 6) is 0.281. The second-order valence-electron chi connectivity index (χ2n) is 7.15. The van der Waals surface area contributed by atoms with Gasteiger partial charge in [0.2, 0.25) is 6.41 Å². The van der Waals surface area contributed by atoms with Crippen LogP contribution in [0.25, 0.3) is 0 Å². The highest BCUT2D eigenvalue weighted by Crippen LogP contribution is 2.33. The number of likely N-dealkylation sites (N-methyl/N-ethyl adjacent to an activating group) is 1. The normalized spacial score (nSPS) is 16.2. The number of benzene rings is 1. The lowest BCUT2D eigenvalue weighted by Gasteiger charge is -2.30. The molecule has 0 fully saturated rings. The molecule has 7 nitrogen and oxygen atoms in total. The Morgan fingerprint density at radius 3 is 2.55 bits per heavy atom. The van der Waals surface area contributed by atoms with Gasteiger partial charge in [-0.15, -0.1) is 11.8 Å². The summed E-state index contributed by atoms with van der Waals surface area (Å²) in [5.41, 5.74) is 1.24. The zero-order valence-electron chi connectivity index (χ0n) is 17.3. The van der Waals surface area contributed by atoms with E-state index in [-0.39, 0.29) is 18.0 Å². The molecule has 0 bridgehead atoms. The van der Waals surface area contributed by atoms with E-state index in [1.807, 2.05) is 29.2 Å². The van der Waals surface area contributed by atoms with E-state index in [4.69, 9.17) is 16.7 Å². The molecule has 0 saturated heterocycles. The number of nitrogens with one attached hydrogen (secondary N) is 1. The Morgan fingerprint density at radius 1 is 1.34 bits per heavy atom. The summed E-state index contributed by atoms with van der Waals surface area (Å²) in [7, 11) is 3.33. The van der Waals surface area contributed by atoms with Crippen molar-refractivity contribution in [2.24, 2.45) is 0 Å². The van der Waals surface area contributed by atoms with Gasteiger partial charge in [0, 0.05) is 44.1 Å². The zero-order valence-corrected chi connectivity index (χ0v) is 18.8. The second-order valence-corrected chi connectivity index (χ2v) is 9.25. The van der Waals surface area contributed by atoms with Crippen molar-refractivity contribution in [2.45, 2.75) is 37.6 Å². The lowest BCUT2D eigenvalue weighted by atomic mass is 10.2. The first kappa shape index (κ1) is 23.4. The van der Waals surface area contributed by atoms with Crippen LogP contribution in [0.2, 0.25) is 5.02 Å². The molecular formula is C20H29ClN4O3S. The predicted octanol–water partition coefficient (Wildman–Crippen LogP) is 2.27. The highest BCUT2D eigenvalue weighted by Gasteiger charge is 2.38. The maximum atomic E-state index is 13.3. The number of thioether (sulfide) groups is 1. The van der Waals surface area contributed by atoms with E-state index < -0.39 is 0 Å². The summed E-state index contributed by atoms with van der Waals surface area (Å²) in [6.07, 6.45) is 1.18. The molecule has 1 atom stereocenters. The summed E-state index contributed by atoms with van der Waals surface area (Å²) in [5, 5.41) is 13.4. The zero-order chi connectivity index (χ0) is 21.6. The monoisotopic (exact) mass is 440 g/mol. The Balaban J connectivity index is 2.43. The van der Waals surface area contributed by atoms with Crippen LogP contribution in [0.5, 0.6) is 0 Å². The molecule has 2 amide bonds. The van der Waals surface area contributed by atoms with E-state index in [0.717, 1.165) is 5.56 Å². The molecular weight excluding hydrogens is 412 g/mol. The average Bonchev–Trinajstić information content (AvgIpc) is 3.03. The van der Waals surface area contributed by atoms with E-state index in [1.54, 1.807) is 30.8 Å². The van der Waals surface area contributed by atoms with Crippen molar-refractivity contribution in [3.05, 3.63) is 46.4 Å². The maximum Gasteiger partial charge on any atom is 0.273 e. The van der Waals surface area contributed by atoms with E-state index in [9.17, 15) is 9.59 Å². The van der Waals surface area contributed by atoms with Crippen LogP contribution in [-0.4, -0.2) is 70.1 Å². The van der Waals surface area contributed by atoms with Crippen molar-refractivity contribution in [2.75, 3.05) is 27.2 Å². The minimum atomic E-state index is -0.201. The van der Waals surface area contributed by atoms with Crippen LogP contribution in [0, 0.1) is 0 Å². The van der Waals surface area contributed by atoms with E-state index in [1.165, 1.54) is 4.90 Å². The molecule has 0 radical (unpaired) electrons. The number of aliphatic hydroxyl groups is 1. The fraction of sp³-hybridized carbons (Fsp3) is 0.500. The molecule has 1 unspecified atom stereocenters. The number of carbonyl (C=O) groups is 2. The fourth-order valence-electron chi connectivity index (χ4n) is 2.97. The lowest BCUT2D eigenvalue weighted by Crippen LogP contribution is -2.40. The number of hydrogen-bond donors (Lipinski definition) is 2. The summed E-state index contributed by atoms with van der Waals surface area (Å²) in [6.45, 7) is 5.09. The van der Waals surface area contributed by atoms with Crippen LogP contribution in [-0.2, 0) is 16.1 Å². The van der Waals surface area contributed by atoms with E-state index in [2.05, 4.69) is 19.2 Å². The molecule has 29 heavy (non-hydrogen) atoms. The molecule has 9 heteroatoms. The molecule has 1 aliphatic heterocycles. The molecule has 2 N–H and O–H groups in total. The van der Waals surface area contributed by atoms with Crippen LogP contribution < -0.4 is 5.32 Å². The SMILES string of the molecule is CC(C)SC1NC(N(C)C=O)=C(C(=O)N(C)CCCO)N1Cc1ccc(Cl)cc1. The van der Waals surface area contributed by atoms with Crippen molar-refractivity contribution in [1.82, 2.24) is 20.0 Å². The number of nitrogens with zero attached hydrogens (tertiary/aromatic N) is 3. The van der Waals surface area contributed by atoms with Crippen LogP contribution in [0.4, 0.5) is 0 Å². The van der Waals surface area contributed by atoms with Gasteiger partial charge < -0.3 is 25.1 Å². The molecule has 160 valence electrons. The summed E-state index contributed by atoms with van der Waals surface area (Å²) >= 11 is 7.68. The molecule has 0 saturated carbocycles. The van der Waals surface area contributed by atoms with E-state index >= 15 is 0 Å². The molecule has 1 aromatic rings. The Bertz CT molecular complexity index is 742. The Kier molecular flexibility index (Phi) is 8.67. The third-order valence-electron chi connectivity index (χ3n) is 4.43. The number of carbonyl (C=O) groups excluding carboxylic acids is 2. The first-order valence-corrected chi connectivity index (χ1v) is 10.8.